The van der Waals surface area contributed by atoms with Crippen LogP contribution >= 0.6 is 11.3 Å². The summed E-state index contributed by atoms with van der Waals surface area (Å²) < 4.78 is 32.4. The van der Waals surface area contributed by atoms with Crippen molar-refractivity contribution in [2.45, 2.75) is 37.1 Å². The van der Waals surface area contributed by atoms with E-state index in [-0.39, 0.29) is 16.3 Å². The van der Waals surface area contributed by atoms with Crippen LogP contribution in [-0.2, 0) is 28.1 Å². The molecular formula is C18H22N4O3S2. The van der Waals surface area contributed by atoms with Crippen molar-refractivity contribution in [3.63, 3.8) is 0 Å². The molecule has 2 aromatic heterocycles. The lowest BCUT2D eigenvalue weighted by atomic mass is 9.98. The van der Waals surface area contributed by atoms with Crippen molar-refractivity contribution >= 4 is 21.2 Å². The van der Waals surface area contributed by atoms with Crippen molar-refractivity contribution in [3.05, 3.63) is 40.3 Å². The van der Waals surface area contributed by atoms with Crippen molar-refractivity contribution in [2.24, 2.45) is 7.05 Å². The Hall–Kier alpha value is -2.26. The van der Waals surface area contributed by atoms with E-state index in [9.17, 15) is 8.42 Å². The molecule has 3 rings (SSSR count). The number of benzene rings is 1. The predicted molar refractivity (Wildman–Crippen MR) is 105 cm³/mol. The van der Waals surface area contributed by atoms with Gasteiger partial charge in [0.05, 0.1) is 17.8 Å². The van der Waals surface area contributed by atoms with Gasteiger partial charge in [0.15, 0.2) is 5.82 Å². The first-order valence-corrected chi connectivity index (χ1v) is 10.9. The summed E-state index contributed by atoms with van der Waals surface area (Å²) in [7, 11) is -0.460. The first-order valence-electron chi connectivity index (χ1n) is 8.33. The van der Waals surface area contributed by atoms with Gasteiger partial charge in [-0.3, -0.25) is 0 Å². The van der Waals surface area contributed by atoms with Gasteiger partial charge in [-0.05, 0) is 12.1 Å². The highest BCUT2D eigenvalue weighted by Gasteiger charge is 2.26. The second-order valence-corrected chi connectivity index (χ2v) is 9.99. The van der Waals surface area contributed by atoms with Crippen LogP contribution in [0, 0.1) is 0 Å². The Kier molecular flexibility index (Phi) is 5.09. The van der Waals surface area contributed by atoms with Gasteiger partial charge in [0, 0.05) is 23.4 Å². The minimum absolute atomic E-state index is 0.0781. The van der Waals surface area contributed by atoms with Gasteiger partial charge in [0.1, 0.15) is 11.5 Å². The molecule has 144 valence electrons. The van der Waals surface area contributed by atoms with Crippen molar-refractivity contribution in [1.82, 2.24) is 19.7 Å². The van der Waals surface area contributed by atoms with Gasteiger partial charge in [0.25, 0.3) is 0 Å². The molecule has 0 radical (unpaired) electrons. The van der Waals surface area contributed by atoms with Crippen LogP contribution in [0.1, 0.15) is 31.5 Å². The zero-order chi connectivity index (χ0) is 19.8. The average Bonchev–Trinajstić information content (AvgIpc) is 3.21. The second kappa shape index (κ2) is 7.05. The third kappa shape index (κ3) is 4.03. The fourth-order valence-corrected chi connectivity index (χ4v) is 4.92. The summed E-state index contributed by atoms with van der Waals surface area (Å²) in [5, 5.41) is 10.6. The van der Waals surface area contributed by atoms with E-state index >= 15 is 0 Å². The average molecular weight is 407 g/mol. The van der Waals surface area contributed by atoms with Gasteiger partial charge >= 0.3 is 0 Å². The lowest BCUT2D eigenvalue weighted by Gasteiger charge is -2.13. The summed E-state index contributed by atoms with van der Waals surface area (Å²) in [4.78, 5) is 4.47. The molecule has 27 heavy (non-hydrogen) atoms. The van der Waals surface area contributed by atoms with Crippen LogP contribution in [0.25, 0.3) is 11.4 Å². The van der Waals surface area contributed by atoms with E-state index in [1.807, 2.05) is 39.0 Å². The first-order chi connectivity index (χ1) is 12.6. The largest absolute Gasteiger partial charge is 0.497 e. The number of aromatic nitrogens is 4. The number of hydrogen-bond donors (Lipinski definition) is 0. The van der Waals surface area contributed by atoms with E-state index in [2.05, 4.69) is 15.2 Å². The highest BCUT2D eigenvalue weighted by atomic mass is 32.2. The summed E-state index contributed by atoms with van der Waals surface area (Å²) in [6, 6.07) is 7.25. The van der Waals surface area contributed by atoms with Crippen LogP contribution in [0.3, 0.4) is 0 Å². The Morgan fingerprint density at radius 3 is 2.59 bits per heavy atom. The number of rotatable bonds is 5. The first kappa shape index (κ1) is 19.5. The lowest BCUT2D eigenvalue weighted by Crippen LogP contribution is -2.13. The topological polar surface area (TPSA) is 87.0 Å². The molecule has 1 aromatic carbocycles. The molecule has 0 unspecified atom stereocenters. The lowest BCUT2D eigenvalue weighted by molar-refractivity contribution is 0.415. The van der Waals surface area contributed by atoms with Crippen LogP contribution < -0.4 is 4.74 Å². The van der Waals surface area contributed by atoms with Gasteiger partial charge in [-0.25, -0.2) is 13.4 Å². The van der Waals surface area contributed by atoms with E-state index in [4.69, 9.17) is 4.74 Å². The SMILES string of the molecule is COc1cccc(-c2nnc(S(=O)(=O)Cc3csc(C(C)(C)C)n3)n2C)c1. The Labute approximate surface area is 163 Å². The number of thiazole rings is 1. The van der Waals surface area contributed by atoms with E-state index in [1.165, 1.54) is 15.9 Å². The Morgan fingerprint density at radius 2 is 1.96 bits per heavy atom. The van der Waals surface area contributed by atoms with E-state index in [0.29, 0.717) is 17.3 Å². The van der Waals surface area contributed by atoms with Gasteiger partial charge in [-0.15, -0.1) is 21.5 Å². The monoisotopic (exact) mass is 406 g/mol. The molecule has 0 aliphatic heterocycles. The summed E-state index contributed by atoms with van der Waals surface area (Å²) in [6.07, 6.45) is 0. The van der Waals surface area contributed by atoms with Crippen LogP contribution in [0.4, 0.5) is 0 Å². The van der Waals surface area contributed by atoms with Crippen molar-refractivity contribution < 1.29 is 13.2 Å². The van der Waals surface area contributed by atoms with Gasteiger partial charge in [-0.2, -0.15) is 0 Å². The minimum Gasteiger partial charge on any atom is -0.497 e. The van der Waals surface area contributed by atoms with Crippen LogP contribution in [0.15, 0.2) is 34.8 Å². The fourth-order valence-electron chi connectivity index (χ4n) is 2.58. The molecule has 7 nitrogen and oxygen atoms in total. The summed E-state index contributed by atoms with van der Waals surface area (Å²) in [5.41, 5.74) is 1.14. The quantitative estimate of drug-likeness (QED) is 0.647. The Balaban J connectivity index is 1.92. The molecule has 0 atom stereocenters. The third-order valence-electron chi connectivity index (χ3n) is 3.97. The smallest absolute Gasteiger partial charge is 0.250 e. The maximum absolute atomic E-state index is 12.9. The fraction of sp³-hybridized carbons (Fsp3) is 0.389. The summed E-state index contributed by atoms with van der Waals surface area (Å²) in [6.45, 7) is 6.15. The van der Waals surface area contributed by atoms with Crippen molar-refractivity contribution in [3.8, 4) is 17.1 Å². The number of methoxy groups -OCH3 is 1. The zero-order valence-corrected chi connectivity index (χ0v) is 17.6. The highest BCUT2D eigenvalue weighted by Crippen LogP contribution is 2.28. The van der Waals surface area contributed by atoms with E-state index < -0.39 is 9.84 Å². The number of ether oxygens (including phenoxy) is 1. The molecule has 0 bridgehead atoms. The Morgan fingerprint density at radius 1 is 1.22 bits per heavy atom. The van der Waals surface area contributed by atoms with E-state index in [0.717, 1.165) is 10.6 Å². The molecule has 0 aliphatic carbocycles. The molecule has 0 saturated heterocycles. The zero-order valence-electron chi connectivity index (χ0n) is 15.9. The molecule has 3 aromatic rings. The van der Waals surface area contributed by atoms with Crippen molar-refractivity contribution in [2.75, 3.05) is 7.11 Å². The van der Waals surface area contributed by atoms with E-state index in [1.54, 1.807) is 25.6 Å². The highest BCUT2D eigenvalue weighted by molar-refractivity contribution is 7.90. The standard InChI is InChI=1S/C18H22N4O3S2/c1-18(2,3)16-19-13(10-26-16)11-27(23,24)17-21-20-15(22(17)4)12-7-6-8-14(9-12)25-5/h6-10H,11H2,1-5H3. The molecule has 9 heteroatoms. The molecule has 0 fully saturated rings. The Bertz CT molecular complexity index is 1060. The molecule has 0 saturated carbocycles. The van der Waals surface area contributed by atoms with Crippen LogP contribution in [-0.4, -0.2) is 35.3 Å². The third-order valence-corrected chi connectivity index (χ3v) is 6.88. The molecule has 0 amide bonds. The molecule has 2 heterocycles. The maximum atomic E-state index is 12.9. The van der Waals surface area contributed by atoms with Gasteiger partial charge < -0.3 is 9.30 Å². The van der Waals surface area contributed by atoms with Crippen LogP contribution in [0.5, 0.6) is 5.75 Å². The summed E-state index contributed by atoms with van der Waals surface area (Å²) in [5.74, 6) is 0.919. The number of sulfone groups is 1. The molecule has 0 spiro atoms. The number of nitrogens with zero attached hydrogens (tertiary/aromatic N) is 4. The minimum atomic E-state index is -3.68. The van der Waals surface area contributed by atoms with Crippen LogP contribution in [0.2, 0.25) is 0 Å². The number of hydrogen-bond acceptors (Lipinski definition) is 7. The molecule has 0 N–H and O–H groups in total. The van der Waals surface area contributed by atoms with Gasteiger partial charge in [0.2, 0.25) is 15.0 Å². The maximum Gasteiger partial charge on any atom is 0.250 e. The van der Waals surface area contributed by atoms with Gasteiger partial charge in [-0.1, -0.05) is 32.9 Å². The second-order valence-electron chi connectivity index (χ2n) is 7.25. The van der Waals surface area contributed by atoms with Crippen molar-refractivity contribution in [1.29, 1.82) is 0 Å². The molecule has 0 aliphatic rings. The normalized spacial score (nSPS) is 12.3. The predicted octanol–water partition coefficient (Wildman–Crippen LogP) is 3.22. The molecular weight excluding hydrogens is 384 g/mol. The summed E-state index contributed by atoms with van der Waals surface area (Å²) >= 11 is 1.47.